The number of rotatable bonds is 11. The molecule has 0 heterocycles. The van der Waals surface area contributed by atoms with Crippen LogP contribution in [0.3, 0.4) is 0 Å². The maximum absolute atomic E-state index is 14.6. The van der Waals surface area contributed by atoms with Crippen molar-refractivity contribution in [2.24, 2.45) is 0 Å². The number of carbonyl (C=O) groups is 2. The predicted molar refractivity (Wildman–Crippen MR) is 180 cm³/mol. The predicted octanol–water partition coefficient (Wildman–Crippen LogP) is 6.36. The number of nitrogens with one attached hydrogen (secondary N) is 1. The number of aryl methyl sites for hydroxylation is 3. The lowest BCUT2D eigenvalue weighted by atomic mass is 10.0. The van der Waals surface area contributed by atoms with E-state index in [-0.39, 0.29) is 23.8 Å². The molecule has 0 aliphatic heterocycles. The number of nitrogens with zero attached hydrogens (tertiary/aromatic N) is 2. The van der Waals surface area contributed by atoms with Gasteiger partial charge in [-0.25, -0.2) is 8.42 Å². The molecule has 0 unspecified atom stereocenters. The summed E-state index contributed by atoms with van der Waals surface area (Å²) in [5, 5.41) is 3.06. The van der Waals surface area contributed by atoms with E-state index < -0.39 is 34.1 Å². The van der Waals surface area contributed by atoms with Gasteiger partial charge in [0.25, 0.3) is 10.0 Å². The summed E-state index contributed by atoms with van der Waals surface area (Å²) in [6, 6.07) is 30.0. The molecule has 0 aromatic heterocycles. The molecule has 7 nitrogen and oxygen atoms in total. The molecule has 1 N–H and O–H groups in total. The molecular weight excluding hydrogens is 582 g/mol. The molecule has 4 rings (SSSR count). The molecule has 45 heavy (non-hydrogen) atoms. The van der Waals surface area contributed by atoms with Crippen LogP contribution < -0.4 is 9.62 Å². The lowest BCUT2D eigenvalue weighted by Crippen LogP contribution is -2.56. The Bertz CT molecular complexity index is 1710. The van der Waals surface area contributed by atoms with Gasteiger partial charge in [-0.05, 0) is 88.1 Å². The third kappa shape index (κ3) is 9.05. The Balaban J connectivity index is 1.84. The van der Waals surface area contributed by atoms with E-state index in [1.165, 1.54) is 17.0 Å². The van der Waals surface area contributed by atoms with Gasteiger partial charge in [-0.3, -0.25) is 13.9 Å². The maximum Gasteiger partial charge on any atom is 0.264 e. The topological polar surface area (TPSA) is 86.8 Å². The standard InChI is InChI=1S/C37H43N3O4S/c1-27-14-13-17-31(21-27)25-39(34(36(42)38-37(4,5)6)24-30-15-9-7-10-16-30)35(41)26-40(32-22-28(2)20-29(3)23-32)45(43,44)33-18-11-8-12-19-33/h7-23,34H,24-26H2,1-6H3,(H,38,42)/t34-/m1/s1. The molecule has 0 saturated heterocycles. The Morgan fingerprint density at radius 2 is 1.31 bits per heavy atom. The van der Waals surface area contributed by atoms with E-state index in [2.05, 4.69) is 5.32 Å². The minimum Gasteiger partial charge on any atom is -0.350 e. The van der Waals surface area contributed by atoms with Crippen LogP contribution in [0.2, 0.25) is 0 Å². The van der Waals surface area contributed by atoms with Crippen LogP contribution in [0.25, 0.3) is 0 Å². The Hall–Kier alpha value is -4.43. The summed E-state index contributed by atoms with van der Waals surface area (Å²) in [4.78, 5) is 30.2. The van der Waals surface area contributed by atoms with Gasteiger partial charge in [0.15, 0.2) is 0 Å². The zero-order chi connectivity index (χ0) is 32.8. The van der Waals surface area contributed by atoms with Crippen molar-refractivity contribution in [2.75, 3.05) is 10.8 Å². The molecule has 0 aliphatic rings. The largest absolute Gasteiger partial charge is 0.350 e. The fraction of sp³-hybridized carbons (Fsp3) is 0.297. The van der Waals surface area contributed by atoms with E-state index in [0.717, 1.165) is 32.1 Å². The summed E-state index contributed by atoms with van der Waals surface area (Å²) >= 11 is 0. The van der Waals surface area contributed by atoms with Crippen molar-refractivity contribution in [1.29, 1.82) is 0 Å². The monoisotopic (exact) mass is 625 g/mol. The van der Waals surface area contributed by atoms with Crippen molar-refractivity contribution in [1.82, 2.24) is 10.2 Å². The first-order valence-electron chi connectivity index (χ1n) is 15.1. The molecule has 8 heteroatoms. The van der Waals surface area contributed by atoms with E-state index in [4.69, 9.17) is 0 Å². The van der Waals surface area contributed by atoms with Gasteiger partial charge in [-0.2, -0.15) is 0 Å². The second-order valence-corrected chi connectivity index (χ2v) is 14.5. The average Bonchev–Trinajstić information content (AvgIpc) is 2.97. The lowest BCUT2D eigenvalue weighted by molar-refractivity contribution is -0.140. The quantitative estimate of drug-likeness (QED) is 0.210. The van der Waals surface area contributed by atoms with E-state index in [9.17, 15) is 18.0 Å². The van der Waals surface area contributed by atoms with Gasteiger partial charge in [-0.15, -0.1) is 0 Å². The van der Waals surface area contributed by atoms with Crippen molar-refractivity contribution in [3.05, 3.63) is 131 Å². The molecule has 236 valence electrons. The highest BCUT2D eigenvalue weighted by Gasteiger charge is 2.35. The Morgan fingerprint density at radius 1 is 0.733 bits per heavy atom. The SMILES string of the molecule is Cc1cccc(CN(C(=O)CN(c2cc(C)cc(C)c2)S(=O)(=O)c2ccccc2)[C@H](Cc2ccccc2)C(=O)NC(C)(C)C)c1. The van der Waals surface area contributed by atoms with Crippen LogP contribution in [0.15, 0.2) is 108 Å². The zero-order valence-electron chi connectivity index (χ0n) is 26.9. The third-order valence-corrected chi connectivity index (χ3v) is 9.10. The van der Waals surface area contributed by atoms with Gasteiger partial charge in [0.2, 0.25) is 11.8 Å². The van der Waals surface area contributed by atoms with Gasteiger partial charge in [0, 0.05) is 18.5 Å². The second-order valence-electron chi connectivity index (χ2n) is 12.6. The summed E-state index contributed by atoms with van der Waals surface area (Å²) < 4.78 is 29.5. The summed E-state index contributed by atoms with van der Waals surface area (Å²) in [7, 11) is -4.14. The van der Waals surface area contributed by atoms with E-state index >= 15 is 0 Å². The van der Waals surface area contributed by atoms with Crippen molar-refractivity contribution in [3.8, 4) is 0 Å². The Labute approximate surface area is 268 Å². The maximum atomic E-state index is 14.6. The number of hydrogen-bond acceptors (Lipinski definition) is 4. The first-order valence-corrected chi connectivity index (χ1v) is 16.5. The van der Waals surface area contributed by atoms with Crippen molar-refractivity contribution >= 4 is 27.5 Å². The van der Waals surface area contributed by atoms with Gasteiger partial charge in [0.05, 0.1) is 10.6 Å². The van der Waals surface area contributed by atoms with Crippen LogP contribution in [-0.4, -0.2) is 43.3 Å². The molecule has 0 spiro atoms. The number of benzene rings is 4. The first kappa shape index (κ1) is 33.5. The molecule has 0 aliphatic carbocycles. The van der Waals surface area contributed by atoms with E-state index in [1.807, 2.05) is 102 Å². The molecule has 2 amide bonds. The normalized spacial score (nSPS) is 12.3. The van der Waals surface area contributed by atoms with Crippen LogP contribution in [-0.2, 0) is 32.6 Å². The van der Waals surface area contributed by atoms with Crippen molar-refractivity contribution in [3.63, 3.8) is 0 Å². The van der Waals surface area contributed by atoms with Crippen LogP contribution >= 0.6 is 0 Å². The molecule has 1 atom stereocenters. The highest BCUT2D eigenvalue weighted by Crippen LogP contribution is 2.27. The minimum absolute atomic E-state index is 0.0773. The van der Waals surface area contributed by atoms with E-state index in [0.29, 0.717) is 5.69 Å². The molecule has 4 aromatic rings. The summed E-state index contributed by atoms with van der Waals surface area (Å²) in [6.45, 7) is 11.1. The van der Waals surface area contributed by atoms with Crippen molar-refractivity contribution in [2.45, 2.75) is 71.0 Å². The Kier molecular flexibility index (Phi) is 10.5. The minimum atomic E-state index is -4.14. The fourth-order valence-electron chi connectivity index (χ4n) is 5.36. The number of amides is 2. The zero-order valence-corrected chi connectivity index (χ0v) is 27.8. The van der Waals surface area contributed by atoms with Gasteiger partial charge in [0.1, 0.15) is 12.6 Å². The van der Waals surface area contributed by atoms with Crippen molar-refractivity contribution < 1.29 is 18.0 Å². The number of hydrogen-bond donors (Lipinski definition) is 1. The highest BCUT2D eigenvalue weighted by molar-refractivity contribution is 7.92. The molecule has 0 saturated carbocycles. The summed E-state index contributed by atoms with van der Waals surface area (Å²) in [5.74, 6) is -0.795. The number of sulfonamides is 1. The lowest BCUT2D eigenvalue weighted by Gasteiger charge is -2.35. The van der Waals surface area contributed by atoms with Crippen LogP contribution in [0.4, 0.5) is 5.69 Å². The third-order valence-electron chi connectivity index (χ3n) is 7.31. The smallest absolute Gasteiger partial charge is 0.264 e. The number of carbonyl (C=O) groups excluding carboxylic acids is 2. The van der Waals surface area contributed by atoms with Crippen LogP contribution in [0.1, 0.15) is 48.6 Å². The molecule has 0 radical (unpaired) electrons. The number of anilines is 1. The van der Waals surface area contributed by atoms with Gasteiger partial charge >= 0.3 is 0 Å². The molecule has 0 bridgehead atoms. The van der Waals surface area contributed by atoms with Crippen LogP contribution in [0.5, 0.6) is 0 Å². The van der Waals surface area contributed by atoms with E-state index in [1.54, 1.807) is 30.3 Å². The fourth-order valence-corrected chi connectivity index (χ4v) is 6.78. The summed E-state index contributed by atoms with van der Waals surface area (Å²) in [6.07, 6.45) is 0.259. The second kappa shape index (κ2) is 14.1. The Morgan fingerprint density at radius 3 is 1.89 bits per heavy atom. The highest BCUT2D eigenvalue weighted by atomic mass is 32.2. The summed E-state index contributed by atoms with van der Waals surface area (Å²) in [5.41, 5.74) is 4.32. The molecular formula is C37H43N3O4S. The molecule has 0 fully saturated rings. The van der Waals surface area contributed by atoms with Gasteiger partial charge in [-0.1, -0.05) is 84.4 Å². The van der Waals surface area contributed by atoms with Gasteiger partial charge < -0.3 is 10.2 Å². The van der Waals surface area contributed by atoms with Crippen LogP contribution in [0, 0.1) is 20.8 Å². The average molecular weight is 626 g/mol. The first-order chi connectivity index (χ1) is 21.2. The molecule has 4 aromatic carbocycles.